The maximum absolute atomic E-state index is 12.3. The van der Waals surface area contributed by atoms with Crippen molar-refractivity contribution >= 4 is 35.4 Å². The first-order chi connectivity index (χ1) is 30.1. The molecule has 3 amide bonds. The van der Waals surface area contributed by atoms with Gasteiger partial charge in [-0.15, -0.1) is 0 Å². The van der Waals surface area contributed by atoms with Crippen molar-refractivity contribution in [3.63, 3.8) is 0 Å². The van der Waals surface area contributed by atoms with Crippen LogP contribution >= 0.6 is 0 Å². The van der Waals surface area contributed by atoms with Crippen LogP contribution in [-0.4, -0.2) is 147 Å². The molecule has 1 aromatic heterocycles. The van der Waals surface area contributed by atoms with E-state index >= 15 is 0 Å². The second-order valence-corrected chi connectivity index (χ2v) is 15.3. The summed E-state index contributed by atoms with van der Waals surface area (Å²) in [7, 11) is 0. The number of aromatic nitrogens is 2. The molecule has 0 aliphatic heterocycles. The van der Waals surface area contributed by atoms with E-state index in [-0.39, 0.29) is 95.5 Å². The van der Waals surface area contributed by atoms with Gasteiger partial charge in [0.1, 0.15) is 19.3 Å². The molecule has 0 fully saturated rings. The highest BCUT2D eigenvalue weighted by Gasteiger charge is 2.21. The molecule has 9 N–H and O–H groups in total. The molecule has 0 aromatic carbocycles. The molecule has 1 rings (SSSR count). The van der Waals surface area contributed by atoms with Gasteiger partial charge in [-0.3, -0.25) is 34.1 Å². The third-order valence-corrected chi connectivity index (χ3v) is 9.86. The van der Waals surface area contributed by atoms with Crippen LogP contribution in [0, 0.1) is 0 Å². The molecule has 0 saturated carbocycles. The van der Waals surface area contributed by atoms with Crippen LogP contribution in [0.25, 0.3) is 0 Å². The summed E-state index contributed by atoms with van der Waals surface area (Å²) in [5.74, 6) is -2.63. The quantitative estimate of drug-likeness (QED) is 0.0437. The Morgan fingerprint density at radius 1 is 0.597 bits per heavy atom. The lowest BCUT2D eigenvalue weighted by atomic mass is 10.0. The lowest BCUT2D eigenvalue weighted by molar-refractivity contribution is -0.140. The number of nitrogens with one attached hydrogen (secondary N) is 5. The monoisotopic (exact) mass is 884 g/mol. The van der Waals surface area contributed by atoms with Gasteiger partial charge in [0.25, 0.3) is 0 Å². The normalized spacial score (nSPS) is 12.1. The molecule has 1 aromatic rings. The molecular formula is C43H77N7O12. The van der Waals surface area contributed by atoms with E-state index in [1.165, 1.54) is 57.7 Å². The van der Waals surface area contributed by atoms with Crippen LogP contribution < -0.4 is 27.0 Å². The van der Waals surface area contributed by atoms with E-state index in [1.54, 1.807) is 6.20 Å². The van der Waals surface area contributed by atoms with Crippen LogP contribution in [0.3, 0.4) is 0 Å². The van der Waals surface area contributed by atoms with E-state index in [9.17, 15) is 33.9 Å². The number of H-pyrrole nitrogens is 1. The van der Waals surface area contributed by atoms with Gasteiger partial charge in [0.05, 0.1) is 58.6 Å². The van der Waals surface area contributed by atoms with Crippen LogP contribution in [-0.2, 0) is 54.1 Å². The number of carboxylic acid groups (broad SMARTS) is 2. The minimum atomic E-state index is -1.07. The molecule has 62 heavy (non-hydrogen) atoms. The SMILES string of the molecule is N[C@@H](Cc1cnc[nH]1)C(=O)CN[C@@H](CCCCNC(=O)COCCOCCNC(=O)COCCOCCNC(=O)CCCCCCCCCCCCCCCCC(=O)O)C(=O)O. The Morgan fingerprint density at radius 2 is 1.08 bits per heavy atom. The number of carbonyl (C=O) groups excluding carboxylic acids is 4. The smallest absolute Gasteiger partial charge is 0.320 e. The fraction of sp³-hybridized carbons (Fsp3) is 0.791. The van der Waals surface area contributed by atoms with E-state index in [4.69, 9.17) is 29.8 Å². The number of amides is 3. The largest absolute Gasteiger partial charge is 0.481 e. The number of imidazole rings is 1. The van der Waals surface area contributed by atoms with Crippen LogP contribution in [0.1, 0.15) is 128 Å². The highest BCUT2D eigenvalue weighted by molar-refractivity contribution is 5.86. The molecule has 0 aliphatic rings. The van der Waals surface area contributed by atoms with Crippen molar-refractivity contribution in [3.05, 3.63) is 18.2 Å². The van der Waals surface area contributed by atoms with Gasteiger partial charge in [-0.2, -0.15) is 0 Å². The summed E-state index contributed by atoms with van der Waals surface area (Å²) in [4.78, 5) is 77.1. The fourth-order valence-electron chi connectivity index (χ4n) is 6.28. The highest BCUT2D eigenvalue weighted by Crippen LogP contribution is 2.14. The zero-order valence-corrected chi connectivity index (χ0v) is 36.9. The minimum Gasteiger partial charge on any atom is -0.481 e. The predicted octanol–water partition coefficient (Wildman–Crippen LogP) is 2.80. The topological polar surface area (TPSA) is 283 Å². The summed E-state index contributed by atoms with van der Waals surface area (Å²) < 4.78 is 21.5. The van der Waals surface area contributed by atoms with E-state index in [2.05, 4.69) is 31.2 Å². The van der Waals surface area contributed by atoms with Gasteiger partial charge in [-0.25, -0.2) is 4.98 Å². The van der Waals surface area contributed by atoms with E-state index in [1.807, 2.05) is 0 Å². The number of aromatic amines is 1. The number of ether oxygens (including phenoxy) is 4. The van der Waals surface area contributed by atoms with E-state index in [0.29, 0.717) is 45.6 Å². The van der Waals surface area contributed by atoms with Crippen molar-refractivity contribution in [2.24, 2.45) is 5.73 Å². The zero-order valence-electron chi connectivity index (χ0n) is 36.9. The molecular weight excluding hydrogens is 807 g/mol. The summed E-state index contributed by atoms with van der Waals surface area (Å²) >= 11 is 0. The number of carbonyl (C=O) groups is 6. The number of hydrogen-bond donors (Lipinski definition) is 8. The first kappa shape index (κ1) is 56.0. The molecule has 356 valence electrons. The molecule has 2 atom stereocenters. The summed E-state index contributed by atoms with van der Waals surface area (Å²) in [6.07, 6.45) is 21.6. The van der Waals surface area contributed by atoms with Crippen LogP contribution in [0.5, 0.6) is 0 Å². The zero-order chi connectivity index (χ0) is 45.3. The summed E-state index contributed by atoms with van der Waals surface area (Å²) in [5, 5.41) is 29.1. The summed E-state index contributed by atoms with van der Waals surface area (Å²) in [6, 6.07) is -1.69. The van der Waals surface area contributed by atoms with E-state index in [0.717, 1.165) is 44.2 Å². The van der Waals surface area contributed by atoms with Crippen molar-refractivity contribution < 1.29 is 57.9 Å². The second-order valence-electron chi connectivity index (χ2n) is 15.3. The average Bonchev–Trinajstić information content (AvgIpc) is 3.76. The maximum Gasteiger partial charge on any atom is 0.320 e. The van der Waals surface area contributed by atoms with Crippen molar-refractivity contribution in [2.45, 2.75) is 141 Å². The number of hydrogen-bond acceptors (Lipinski definition) is 13. The van der Waals surface area contributed by atoms with Gasteiger partial charge in [0.15, 0.2) is 5.78 Å². The lowest BCUT2D eigenvalue weighted by Crippen LogP contribution is -2.45. The number of carboxylic acids is 2. The highest BCUT2D eigenvalue weighted by atomic mass is 16.5. The van der Waals surface area contributed by atoms with Crippen molar-refractivity contribution in [3.8, 4) is 0 Å². The molecule has 0 unspecified atom stereocenters. The Bertz CT molecular complexity index is 1320. The molecule has 1 heterocycles. The molecule has 0 radical (unpaired) electrons. The van der Waals surface area contributed by atoms with Crippen molar-refractivity contribution in [2.75, 3.05) is 79.0 Å². The fourth-order valence-corrected chi connectivity index (χ4v) is 6.28. The molecule has 0 bridgehead atoms. The third kappa shape index (κ3) is 35.6. The van der Waals surface area contributed by atoms with Gasteiger partial charge < -0.3 is 55.8 Å². The average molecular weight is 884 g/mol. The Balaban J connectivity index is 1.83. The minimum absolute atomic E-state index is 0.0318. The summed E-state index contributed by atoms with van der Waals surface area (Å²) in [6.45, 7) is 2.25. The first-order valence-corrected chi connectivity index (χ1v) is 22.6. The van der Waals surface area contributed by atoms with Crippen molar-refractivity contribution in [1.29, 1.82) is 0 Å². The van der Waals surface area contributed by atoms with Gasteiger partial charge in [-0.05, 0) is 32.1 Å². The number of Topliss-reactive ketones (excluding diaryl/α,β-unsaturated/α-hetero) is 1. The molecule has 0 spiro atoms. The Morgan fingerprint density at radius 3 is 1.58 bits per heavy atom. The van der Waals surface area contributed by atoms with Crippen molar-refractivity contribution in [1.82, 2.24) is 31.2 Å². The van der Waals surface area contributed by atoms with Crippen LogP contribution in [0.4, 0.5) is 0 Å². The number of ketones is 1. The number of nitrogens with two attached hydrogens (primary N) is 1. The predicted molar refractivity (Wildman–Crippen MR) is 232 cm³/mol. The lowest BCUT2D eigenvalue weighted by Gasteiger charge is -2.16. The van der Waals surface area contributed by atoms with E-state index < -0.39 is 24.0 Å². The molecule has 0 saturated heterocycles. The third-order valence-electron chi connectivity index (χ3n) is 9.86. The maximum atomic E-state index is 12.3. The van der Waals surface area contributed by atoms with Gasteiger partial charge in [-0.1, -0.05) is 77.0 Å². The molecule has 0 aliphatic carbocycles. The Hall–Kier alpha value is -4.01. The Kier molecular flexibility index (Phi) is 36.0. The molecule has 19 nitrogen and oxygen atoms in total. The number of nitrogens with zero attached hydrogens (tertiary/aromatic N) is 1. The van der Waals surface area contributed by atoms with Crippen LogP contribution in [0.15, 0.2) is 12.5 Å². The Labute approximate surface area is 367 Å². The number of rotatable bonds is 45. The second kappa shape index (κ2) is 39.8. The van der Waals surface area contributed by atoms with Gasteiger partial charge >= 0.3 is 11.9 Å². The van der Waals surface area contributed by atoms with Gasteiger partial charge in [0, 0.05) is 50.8 Å². The number of aliphatic carboxylic acids is 2. The summed E-state index contributed by atoms with van der Waals surface area (Å²) in [5.41, 5.74) is 6.63. The number of unbranched alkanes of at least 4 members (excludes halogenated alkanes) is 14. The van der Waals surface area contributed by atoms with Gasteiger partial charge in [0.2, 0.25) is 17.7 Å². The van der Waals surface area contributed by atoms with Crippen LogP contribution in [0.2, 0.25) is 0 Å². The molecule has 19 heteroatoms. The standard InChI is InChI=1S/C43H77N7O12/c44-36(29-35-30-45-34-50-35)38(51)31-49-37(43(57)58)17-15-16-20-46-40(53)32-61-27-26-60-24-22-48-41(54)33-62-28-25-59-23-21-47-39(52)18-13-11-9-7-5-3-1-2-4-6-8-10-12-14-19-42(55)56/h30,34,36-37,49H,1-29,31-33,44H2,(H,45,50)(H,46,53)(H,47,52)(H,48,54)(H,55,56)(H,57,58)/t36-,37-/m0/s1. The first-order valence-electron chi connectivity index (χ1n) is 22.6.